The van der Waals surface area contributed by atoms with Crippen molar-refractivity contribution in [2.75, 3.05) is 11.1 Å². The highest BCUT2D eigenvalue weighted by Crippen LogP contribution is 2.28. The SMILES string of the molecule is CCc1nnc(NC(=O)CSc2nnc(-c3ccc(F)cc3)n2-c2ccccc2)s1. The number of hydrogen-bond acceptors (Lipinski definition) is 7. The Morgan fingerprint density at radius 2 is 1.83 bits per heavy atom. The number of nitrogens with one attached hydrogen (secondary N) is 1. The average molecular weight is 441 g/mol. The highest BCUT2D eigenvalue weighted by molar-refractivity contribution is 7.99. The van der Waals surface area contributed by atoms with Crippen molar-refractivity contribution in [3.63, 3.8) is 0 Å². The lowest BCUT2D eigenvalue weighted by atomic mass is 10.2. The molecule has 1 N–H and O–H groups in total. The van der Waals surface area contributed by atoms with Crippen LogP contribution in [0.15, 0.2) is 59.8 Å². The zero-order valence-corrected chi connectivity index (χ0v) is 17.6. The predicted molar refractivity (Wildman–Crippen MR) is 115 cm³/mol. The van der Waals surface area contributed by atoms with Gasteiger partial charge in [-0.15, -0.1) is 20.4 Å². The Kier molecular flexibility index (Phi) is 6.15. The number of thioether (sulfide) groups is 1. The average Bonchev–Trinajstić information content (AvgIpc) is 3.40. The molecule has 0 aliphatic heterocycles. The van der Waals surface area contributed by atoms with Crippen LogP contribution in [-0.2, 0) is 11.2 Å². The molecule has 1 amide bonds. The van der Waals surface area contributed by atoms with Crippen LogP contribution in [-0.4, -0.2) is 36.6 Å². The Morgan fingerprint density at radius 1 is 1.07 bits per heavy atom. The number of benzene rings is 2. The number of aromatic nitrogens is 5. The number of rotatable bonds is 7. The van der Waals surface area contributed by atoms with Crippen LogP contribution in [0, 0.1) is 5.82 Å². The van der Waals surface area contributed by atoms with E-state index in [1.54, 1.807) is 12.1 Å². The second kappa shape index (κ2) is 9.14. The summed E-state index contributed by atoms with van der Waals surface area (Å²) in [4.78, 5) is 12.4. The van der Waals surface area contributed by atoms with Gasteiger partial charge in [0.15, 0.2) is 11.0 Å². The van der Waals surface area contributed by atoms with Crippen LogP contribution in [0.25, 0.3) is 17.1 Å². The standard InChI is InChI=1S/C20H17FN6OS2/c1-2-17-23-25-19(30-17)22-16(28)12-29-20-26-24-18(13-8-10-14(21)11-9-13)27(20)15-6-4-3-5-7-15/h3-11H,2,12H2,1H3,(H,22,25,28). The minimum atomic E-state index is -0.321. The maximum absolute atomic E-state index is 13.3. The van der Waals surface area contributed by atoms with Crippen LogP contribution in [0.4, 0.5) is 9.52 Å². The molecule has 2 aromatic carbocycles. The highest BCUT2D eigenvalue weighted by atomic mass is 32.2. The molecule has 2 aromatic heterocycles. The molecular formula is C20H17FN6OS2. The highest BCUT2D eigenvalue weighted by Gasteiger charge is 2.18. The number of anilines is 1. The summed E-state index contributed by atoms with van der Waals surface area (Å²) in [7, 11) is 0. The van der Waals surface area contributed by atoms with Crippen molar-refractivity contribution >= 4 is 34.1 Å². The Labute approximate surface area is 180 Å². The van der Waals surface area contributed by atoms with Gasteiger partial charge in [0.25, 0.3) is 0 Å². The molecule has 4 aromatic rings. The number of nitrogens with zero attached hydrogens (tertiary/aromatic N) is 5. The summed E-state index contributed by atoms with van der Waals surface area (Å²) in [5, 5.41) is 21.2. The van der Waals surface area contributed by atoms with E-state index in [0.717, 1.165) is 22.7 Å². The van der Waals surface area contributed by atoms with Crippen LogP contribution < -0.4 is 5.32 Å². The second-order valence-electron chi connectivity index (χ2n) is 6.18. The van der Waals surface area contributed by atoms with Crippen LogP contribution in [0.2, 0.25) is 0 Å². The molecule has 0 saturated heterocycles. The predicted octanol–water partition coefficient (Wildman–Crippen LogP) is 4.22. The third-order valence-corrected chi connectivity index (χ3v) is 6.01. The van der Waals surface area contributed by atoms with Gasteiger partial charge in [-0.25, -0.2) is 4.39 Å². The Morgan fingerprint density at radius 3 is 2.53 bits per heavy atom. The van der Waals surface area contributed by atoms with E-state index in [4.69, 9.17) is 0 Å². The summed E-state index contributed by atoms with van der Waals surface area (Å²) in [6.07, 6.45) is 0.772. The zero-order chi connectivity index (χ0) is 20.9. The fourth-order valence-corrected chi connectivity index (χ4v) is 4.14. The first-order valence-electron chi connectivity index (χ1n) is 9.16. The Bertz CT molecular complexity index is 1140. The molecule has 0 atom stereocenters. The Hall–Kier alpha value is -3.11. The first-order valence-corrected chi connectivity index (χ1v) is 11.0. The number of para-hydroxylation sites is 1. The molecule has 2 heterocycles. The third kappa shape index (κ3) is 4.55. The molecule has 0 aliphatic rings. The van der Waals surface area contributed by atoms with Crippen LogP contribution in [0.3, 0.4) is 0 Å². The molecule has 0 fully saturated rings. The first kappa shape index (κ1) is 20.2. The van der Waals surface area contributed by atoms with Gasteiger partial charge in [0, 0.05) is 11.3 Å². The molecule has 0 saturated carbocycles. The van der Waals surface area contributed by atoms with E-state index < -0.39 is 0 Å². The number of halogens is 1. The van der Waals surface area contributed by atoms with Crippen molar-refractivity contribution in [1.82, 2.24) is 25.0 Å². The van der Waals surface area contributed by atoms with Gasteiger partial charge in [0.2, 0.25) is 11.0 Å². The molecule has 0 radical (unpaired) electrons. The number of carbonyl (C=O) groups excluding carboxylic acids is 1. The summed E-state index contributed by atoms with van der Waals surface area (Å²) in [5.74, 6) is 0.180. The fourth-order valence-electron chi connectivity index (χ4n) is 2.69. The van der Waals surface area contributed by atoms with Crippen LogP contribution in [0.5, 0.6) is 0 Å². The van der Waals surface area contributed by atoms with Gasteiger partial charge < -0.3 is 0 Å². The van der Waals surface area contributed by atoms with E-state index >= 15 is 0 Å². The van der Waals surface area contributed by atoms with Gasteiger partial charge >= 0.3 is 0 Å². The molecule has 0 aliphatic carbocycles. The molecule has 4 rings (SSSR count). The van der Waals surface area contributed by atoms with Gasteiger partial charge in [-0.05, 0) is 42.8 Å². The fraction of sp³-hybridized carbons (Fsp3) is 0.150. The maximum atomic E-state index is 13.3. The lowest BCUT2D eigenvalue weighted by molar-refractivity contribution is -0.113. The summed E-state index contributed by atoms with van der Waals surface area (Å²) in [6.45, 7) is 1.98. The smallest absolute Gasteiger partial charge is 0.236 e. The normalized spacial score (nSPS) is 10.9. The molecule has 0 bridgehead atoms. The van der Waals surface area contributed by atoms with Crippen molar-refractivity contribution in [2.24, 2.45) is 0 Å². The van der Waals surface area contributed by atoms with Crippen molar-refractivity contribution in [1.29, 1.82) is 0 Å². The van der Waals surface area contributed by atoms with Crippen molar-refractivity contribution in [2.45, 2.75) is 18.5 Å². The Balaban J connectivity index is 1.57. The molecule has 0 unspecified atom stereocenters. The van der Waals surface area contributed by atoms with Gasteiger partial charge in [0.05, 0.1) is 5.75 Å². The lowest BCUT2D eigenvalue weighted by Crippen LogP contribution is -2.14. The second-order valence-corrected chi connectivity index (χ2v) is 8.18. The van der Waals surface area contributed by atoms with Gasteiger partial charge in [-0.2, -0.15) is 0 Å². The quantitative estimate of drug-likeness (QED) is 0.433. The summed E-state index contributed by atoms with van der Waals surface area (Å²) >= 11 is 2.62. The van der Waals surface area contributed by atoms with Crippen molar-refractivity contribution in [3.05, 3.63) is 65.4 Å². The molecule has 10 heteroatoms. The number of carbonyl (C=O) groups is 1. The van der Waals surface area contributed by atoms with E-state index in [1.807, 2.05) is 41.8 Å². The van der Waals surface area contributed by atoms with Crippen LogP contribution in [0.1, 0.15) is 11.9 Å². The van der Waals surface area contributed by atoms with Gasteiger partial charge in [-0.1, -0.05) is 48.2 Å². The summed E-state index contributed by atoms with van der Waals surface area (Å²) in [6, 6.07) is 15.7. The van der Waals surface area contributed by atoms with Crippen molar-refractivity contribution < 1.29 is 9.18 Å². The van der Waals surface area contributed by atoms with Gasteiger partial charge in [0.1, 0.15) is 10.8 Å². The maximum Gasteiger partial charge on any atom is 0.236 e. The largest absolute Gasteiger partial charge is 0.300 e. The third-order valence-electron chi connectivity index (χ3n) is 4.10. The minimum Gasteiger partial charge on any atom is -0.300 e. The molecule has 7 nitrogen and oxygen atoms in total. The van der Waals surface area contributed by atoms with E-state index in [1.165, 1.54) is 35.2 Å². The minimum absolute atomic E-state index is 0.134. The number of hydrogen-bond donors (Lipinski definition) is 1. The van der Waals surface area contributed by atoms with E-state index in [2.05, 4.69) is 25.7 Å². The summed E-state index contributed by atoms with van der Waals surface area (Å²) in [5.41, 5.74) is 1.58. The zero-order valence-electron chi connectivity index (χ0n) is 15.9. The van der Waals surface area contributed by atoms with Crippen molar-refractivity contribution in [3.8, 4) is 17.1 Å². The van der Waals surface area contributed by atoms with Gasteiger partial charge in [-0.3, -0.25) is 14.7 Å². The summed E-state index contributed by atoms with van der Waals surface area (Å²) < 4.78 is 15.2. The van der Waals surface area contributed by atoms with E-state index in [0.29, 0.717) is 16.1 Å². The molecule has 0 spiro atoms. The number of aryl methyl sites for hydroxylation is 1. The van der Waals surface area contributed by atoms with E-state index in [-0.39, 0.29) is 17.5 Å². The van der Waals surface area contributed by atoms with Crippen LogP contribution >= 0.6 is 23.1 Å². The monoisotopic (exact) mass is 440 g/mol. The first-order chi connectivity index (χ1) is 14.6. The van der Waals surface area contributed by atoms with E-state index in [9.17, 15) is 9.18 Å². The number of amides is 1. The molecular weight excluding hydrogens is 423 g/mol. The molecule has 30 heavy (non-hydrogen) atoms. The molecule has 152 valence electrons. The topological polar surface area (TPSA) is 85.6 Å². The lowest BCUT2D eigenvalue weighted by Gasteiger charge is -2.10.